The van der Waals surface area contributed by atoms with Gasteiger partial charge in [0.1, 0.15) is 12.0 Å². The van der Waals surface area contributed by atoms with Gasteiger partial charge in [-0.1, -0.05) is 11.8 Å². The van der Waals surface area contributed by atoms with Gasteiger partial charge in [-0.3, -0.25) is 0 Å². The molecule has 17 heavy (non-hydrogen) atoms. The molecule has 1 aromatic rings. The Morgan fingerprint density at radius 2 is 2.18 bits per heavy atom. The molecule has 0 fully saturated rings. The van der Waals surface area contributed by atoms with Crippen molar-refractivity contribution < 1.29 is 19.1 Å². The number of methoxy groups -OCH3 is 2. The normalized spacial score (nSPS) is 8.82. The van der Waals surface area contributed by atoms with Crippen LogP contribution >= 0.6 is 0 Å². The fourth-order valence-electron chi connectivity index (χ4n) is 1.23. The fourth-order valence-corrected chi connectivity index (χ4v) is 1.23. The molecule has 0 aliphatic heterocycles. The summed E-state index contributed by atoms with van der Waals surface area (Å²) in [5.74, 6) is 5.51. The Morgan fingerprint density at radius 3 is 2.76 bits per heavy atom. The largest absolute Gasteiger partial charge is 0.495 e. The molecule has 0 bridgehead atoms. The van der Waals surface area contributed by atoms with Crippen molar-refractivity contribution in [1.82, 2.24) is 0 Å². The summed E-state index contributed by atoms with van der Waals surface area (Å²) >= 11 is 0. The molecule has 4 nitrogen and oxygen atoms in total. The summed E-state index contributed by atoms with van der Waals surface area (Å²) in [4.78, 5) is 21.4. The molecule has 0 aromatic heterocycles. The van der Waals surface area contributed by atoms with Crippen LogP contribution in [-0.4, -0.2) is 26.5 Å². The predicted octanol–water partition coefficient (Wildman–Crippen LogP) is 1.42. The maximum absolute atomic E-state index is 11.3. The molecule has 0 saturated carbocycles. The second kappa shape index (κ2) is 6.33. The molecular weight excluding hydrogens is 220 g/mol. The standard InChI is InChI=1S/C13H12O4/c1-16-12-9-11(13(15)17-2)7-6-10(12)5-3-4-8-14/h6-9H,4H2,1-2H3. The monoisotopic (exact) mass is 232 g/mol. The average Bonchev–Trinajstić information content (AvgIpc) is 2.38. The van der Waals surface area contributed by atoms with Crippen molar-refractivity contribution in [2.75, 3.05) is 14.2 Å². The Labute approximate surface area is 99.5 Å². The smallest absolute Gasteiger partial charge is 0.337 e. The lowest BCUT2D eigenvalue weighted by atomic mass is 10.1. The summed E-state index contributed by atoms with van der Waals surface area (Å²) < 4.78 is 9.71. The predicted molar refractivity (Wildman–Crippen MR) is 61.9 cm³/mol. The van der Waals surface area contributed by atoms with E-state index in [1.807, 2.05) is 0 Å². The number of aldehydes is 1. The van der Waals surface area contributed by atoms with Crippen molar-refractivity contribution in [3.8, 4) is 17.6 Å². The van der Waals surface area contributed by atoms with E-state index in [1.165, 1.54) is 14.2 Å². The van der Waals surface area contributed by atoms with Crippen LogP contribution in [0.4, 0.5) is 0 Å². The van der Waals surface area contributed by atoms with Crippen LogP contribution in [0.3, 0.4) is 0 Å². The first-order valence-electron chi connectivity index (χ1n) is 4.91. The number of benzene rings is 1. The van der Waals surface area contributed by atoms with Gasteiger partial charge in [0.25, 0.3) is 0 Å². The zero-order valence-corrected chi connectivity index (χ0v) is 9.65. The Bertz CT molecular complexity index is 480. The number of rotatable bonds is 3. The fraction of sp³-hybridized carbons (Fsp3) is 0.231. The van der Waals surface area contributed by atoms with Crippen LogP contribution in [0.15, 0.2) is 18.2 Å². The van der Waals surface area contributed by atoms with Crippen molar-refractivity contribution in [3.05, 3.63) is 29.3 Å². The van der Waals surface area contributed by atoms with E-state index in [-0.39, 0.29) is 6.42 Å². The van der Waals surface area contributed by atoms with Crippen LogP contribution in [0.5, 0.6) is 5.75 Å². The van der Waals surface area contributed by atoms with Gasteiger partial charge in [-0.2, -0.15) is 0 Å². The first-order chi connectivity index (χ1) is 8.22. The third-order valence-electron chi connectivity index (χ3n) is 2.03. The second-order valence-corrected chi connectivity index (χ2v) is 3.08. The van der Waals surface area contributed by atoms with Gasteiger partial charge in [-0.05, 0) is 18.2 Å². The minimum Gasteiger partial charge on any atom is -0.495 e. The van der Waals surface area contributed by atoms with E-state index in [0.29, 0.717) is 16.9 Å². The van der Waals surface area contributed by atoms with E-state index < -0.39 is 5.97 Å². The maximum Gasteiger partial charge on any atom is 0.337 e. The van der Waals surface area contributed by atoms with Crippen LogP contribution in [-0.2, 0) is 9.53 Å². The summed E-state index contributed by atoms with van der Waals surface area (Å²) in [5.41, 5.74) is 1.02. The van der Waals surface area contributed by atoms with Gasteiger partial charge >= 0.3 is 5.97 Å². The molecule has 1 aromatic carbocycles. The summed E-state index contributed by atoms with van der Waals surface area (Å²) in [6.45, 7) is 0. The van der Waals surface area contributed by atoms with E-state index in [0.717, 1.165) is 6.29 Å². The zero-order chi connectivity index (χ0) is 12.7. The zero-order valence-electron chi connectivity index (χ0n) is 9.65. The number of hydrogen-bond acceptors (Lipinski definition) is 4. The highest BCUT2D eigenvalue weighted by atomic mass is 16.5. The van der Waals surface area contributed by atoms with Crippen molar-refractivity contribution in [2.24, 2.45) is 0 Å². The van der Waals surface area contributed by atoms with Crippen molar-refractivity contribution in [1.29, 1.82) is 0 Å². The summed E-state index contributed by atoms with van der Waals surface area (Å²) in [5, 5.41) is 0. The molecule has 4 heteroatoms. The van der Waals surface area contributed by atoms with E-state index in [4.69, 9.17) is 4.74 Å². The minimum atomic E-state index is -0.435. The molecule has 0 N–H and O–H groups in total. The molecule has 0 unspecified atom stereocenters. The van der Waals surface area contributed by atoms with Gasteiger partial charge in [0.2, 0.25) is 0 Å². The minimum absolute atomic E-state index is 0.169. The lowest BCUT2D eigenvalue weighted by molar-refractivity contribution is -0.107. The number of carbonyl (C=O) groups excluding carboxylic acids is 2. The number of carbonyl (C=O) groups is 2. The molecular formula is C13H12O4. The van der Waals surface area contributed by atoms with E-state index in [1.54, 1.807) is 18.2 Å². The molecule has 0 spiro atoms. The van der Waals surface area contributed by atoms with Gasteiger partial charge in [-0.25, -0.2) is 4.79 Å². The van der Waals surface area contributed by atoms with E-state index in [9.17, 15) is 9.59 Å². The highest BCUT2D eigenvalue weighted by Crippen LogP contribution is 2.19. The van der Waals surface area contributed by atoms with Gasteiger partial charge < -0.3 is 14.3 Å². The Hall–Kier alpha value is -2.28. The topological polar surface area (TPSA) is 52.6 Å². The highest BCUT2D eigenvalue weighted by Gasteiger charge is 2.08. The quantitative estimate of drug-likeness (QED) is 0.449. The molecule has 1 rings (SSSR count). The lowest BCUT2D eigenvalue weighted by Crippen LogP contribution is -2.02. The van der Waals surface area contributed by atoms with Gasteiger partial charge in [-0.15, -0.1) is 0 Å². The second-order valence-electron chi connectivity index (χ2n) is 3.08. The third-order valence-corrected chi connectivity index (χ3v) is 2.03. The van der Waals surface area contributed by atoms with Gasteiger partial charge in [0.15, 0.2) is 0 Å². The Kier molecular flexibility index (Phi) is 4.77. The average molecular weight is 232 g/mol. The van der Waals surface area contributed by atoms with Crippen molar-refractivity contribution >= 4 is 12.3 Å². The molecule has 0 saturated heterocycles. The number of ether oxygens (including phenoxy) is 2. The van der Waals surface area contributed by atoms with Crippen LogP contribution in [0.2, 0.25) is 0 Å². The molecule has 0 amide bonds. The van der Waals surface area contributed by atoms with E-state index >= 15 is 0 Å². The molecule has 0 heterocycles. The third kappa shape index (κ3) is 3.35. The van der Waals surface area contributed by atoms with Crippen molar-refractivity contribution in [2.45, 2.75) is 6.42 Å². The summed E-state index contributed by atoms with van der Waals surface area (Å²) in [7, 11) is 2.80. The number of esters is 1. The van der Waals surface area contributed by atoms with Gasteiger partial charge in [0.05, 0.1) is 31.8 Å². The van der Waals surface area contributed by atoms with Crippen LogP contribution in [0, 0.1) is 11.8 Å². The Balaban J connectivity index is 3.06. The molecule has 0 radical (unpaired) electrons. The van der Waals surface area contributed by atoms with Crippen LogP contribution in [0.25, 0.3) is 0 Å². The highest BCUT2D eigenvalue weighted by molar-refractivity contribution is 5.90. The Morgan fingerprint density at radius 1 is 1.41 bits per heavy atom. The van der Waals surface area contributed by atoms with Crippen LogP contribution < -0.4 is 4.74 Å². The summed E-state index contributed by atoms with van der Waals surface area (Å²) in [6.07, 6.45) is 0.893. The number of hydrogen-bond donors (Lipinski definition) is 0. The summed E-state index contributed by atoms with van der Waals surface area (Å²) in [6, 6.07) is 4.80. The molecule has 0 atom stereocenters. The molecule has 88 valence electrons. The van der Waals surface area contributed by atoms with Crippen LogP contribution in [0.1, 0.15) is 22.3 Å². The SMILES string of the molecule is COC(=O)c1ccc(C#CCC=O)c(OC)c1. The lowest BCUT2D eigenvalue weighted by Gasteiger charge is -2.05. The van der Waals surface area contributed by atoms with E-state index in [2.05, 4.69) is 16.6 Å². The molecule has 0 aliphatic carbocycles. The molecule has 0 aliphatic rings. The van der Waals surface area contributed by atoms with Gasteiger partial charge in [0, 0.05) is 0 Å². The first-order valence-corrected chi connectivity index (χ1v) is 4.91. The maximum atomic E-state index is 11.3. The van der Waals surface area contributed by atoms with Crippen molar-refractivity contribution in [3.63, 3.8) is 0 Å². The first kappa shape index (κ1) is 12.8.